The van der Waals surface area contributed by atoms with E-state index in [9.17, 15) is 4.79 Å². The van der Waals surface area contributed by atoms with Gasteiger partial charge in [0.1, 0.15) is 11.8 Å². The van der Waals surface area contributed by atoms with Crippen molar-refractivity contribution in [3.63, 3.8) is 0 Å². The molecule has 0 radical (unpaired) electrons. The Morgan fingerprint density at radius 3 is 2.50 bits per heavy atom. The van der Waals surface area contributed by atoms with E-state index in [1.54, 1.807) is 7.11 Å². The van der Waals surface area contributed by atoms with Gasteiger partial charge >= 0.3 is 0 Å². The predicted molar refractivity (Wildman–Crippen MR) is 98.7 cm³/mol. The smallest absolute Gasteiger partial charge is 0.242 e. The zero-order chi connectivity index (χ0) is 17.5. The topological polar surface area (TPSA) is 50.4 Å². The molecule has 2 aromatic rings. The second-order valence-electron chi connectivity index (χ2n) is 6.00. The monoisotopic (exact) mass is 326 g/mol. The second-order valence-corrected chi connectivity index (χ2v) is 6.00. The molecule has 0 spiro atoms. The Kier molecular flexibility index (Phi) is 6.24. The van der Waals surface area contributed by atoms with Crippen molar-refractivity contribution in [1.29, 1.82) is 0 Å². The number of ether oxygens (including phenoxy) is 1. The molecule has 2 rings (SSSR count). The van der Waals surface area contributed by atoms with E-state index in [2.05, 4.69) is 30.5 Å². The van der Waals surface area contributed by atoms with Crippen LogP contribution in [0, 0.1) is 13.8 Å². The molecule has 0 aromatic heterocycles. The van der Waals surface area contributed by atoms with Gasteiger partial charge in [0.25, 0.3) is 0 Å². The van der Waals surface area contributed by atoms with Crippen LogP contribution in [-0.2, 0) is 11.2 Å². The van der Waals surface area contributed by atoms with Gasteiger partial charge in [-0.1, -0.05) is 24.3 Å². The number of carbonyl (C=O) groups excluding carboxylic acids is 1. The van der Waals surface area contributed by atoms with E-state index in [0.29, 0.717) is 6.54 Å². The maximum Gasteiger partial charge on any atom is 0.242 e. The maximum atomic E-state index is 12.2. The Bertz CT molecular complexity index is 681. The van der Waals surface area contributed by atoms with E-state index < -0.39 is 0 Å². The zero-order valence-electron chi connectivity index (χ0n) is 14.8. The molecule has 1 amide bonds. The minimum Gasteiger partial charge on any atom is -0.497 e. The average Bonchev–Trinajstić information content (AvgIpc) is 2.59. The van der Waals surface area contributed by atoms with Gasteiger partial charge in [-0.05, 0) is 62.1 Å². The summed E-state index contributed by atoms with van der Waals surface area (Å²) in [7, 11) is 1.65. The molecule has 0 bridgehead atoms. The van der Waals surface area contributed by atoms with Gasteiger partial charge in [0.05, 0.1) is 7.11 Å². The number of hydrogen-bond acceptors (Lipinski definition) is 3. The number of aryl methyl sites for hydroxylation is 1. The lowest BCUT2D eigenvalue weighted by Crippen LogP contribution is -2.38. The maximum absolute atomic E-state index is 12.2. The average molecular weight is 326 g/mol. The van der Waals surface area contributed by atoms with Gasteiger partial charge in [-0.15, -0.1) is 0 Å². The zero-order valence-corrected chi connectivity index (χ0v) is 14.8. The highest BCUT2D eigenvalue weighted by Crippen LogP contribution is 2.18. The van der Waals surface area contributed by atoms with Gasteiger partial charge in [0.15, 0.2) is 0 Å². The summed E-state index contributed by atoms with van der Waals surface area (Å²) in [6.07, 6.45) is 0.798. The van der Waals surface area contributed by atoms with Crippen LogP contribution in [0.2, 0.25) is 0 Å². The Morgan fingerprint density at radius 2 is 1.83 bits per heavy atom. The SMILES string of the molecule is COc1ccc(CCNC(=O)[C@H](C)Nc2cccc(C)c2C)cc1. The first-order chi connectivity index (χ1) is 11.5. The van der Waals surface area contributed by atoms with Crippen molar-refractivity contribution in [2.45, 2.75) is 33.2 Å². The van der Waals surface area contributed by atoms with Crippen LogP contribution in [0.3, 0.4) is 0 Å². The van der Waals surface area contributed by atoms with Crippen LogP contribution in [0.15, 0.2) is 42.5 Å². The van der Waals surface area contributed by atoms with Crippen LogP contribution >= 0.6 is 0 Å². The van der Waals surface area contributed by atoms with Crippen LogP contribution in [0.25, 0.3) is 0 Å². The summed E-state index contributed by atoms with van der Waals surface area (Å²) in [5.41, 5.74) is 4.57. The van der Waals surface area contributed by atoms with Crippen molar-refractivity contribution in [1.82, 2.24) is 5.32 Å². The van der Waals surface area contributed by atoms with Crippen molar-refractivity contribution >= 4 is 11.6 Å². The molecule has 24 heavy (non-hydrogen) atoms. The Morgan fingerprint density at radius 1 is 1.12 bits per heavy atom. The standard InChI is InChI=1S/C20H26N2O2/c1-14-6-5-7-19(15(14)2)22-16(3)20(23)21-13-12-17-8-10-18(24-4)11-9-17/h5-11,16,22H,12-13H2,1-4H3,(H,21,23)/t16-/m0/s1. The Hall–Kier alpha value is -2.49. The lowest BCUT2D eigenvalue weighted by molar-refractivity contribution is -0.121. The van der Waals surface area contributed by atoms with E-state index >= 15 is 0 Å². The summed E-state index contributed by atoms with van der Waals surface area (Å²) >= 11 is 0. The molecule has 2 aromatic carbocycles. The molecule has 0 unspecified atom stereocenters. The number of amides is 1. The normalized spacial score (nSPS) is 11.7. The molecular weight excluding hydrogens is 300 g/mol. The van der Waals surface area contributed by atoms with Crippen LogP contribution in [0.1, 0.15) is 23.6 Å². The van der Waals surface area contributed by atoms with Crippen molar-refractivity contribution in [3.05, 3.63) is 59.2 Å². The fourth-order valence-electron chi connectivity index (χ4n) is 2.48. The summed E-state index contributed by atoms with van der Waals surface area (Å²) in [4.78, 5) is 12.2. The quantitative estimate of drug-likeness (QED) is 0.819. The van der Waals surface area contributed by atoms with Gasteiger partial charge in [0, 0.05) is 12.2 Å². The Balaban J connectivity index is 1.82. The number of hydrogen-bond donors (Lipinski definition) is 2. The molecule has 0 aliphatic rings. The highest BCUT2D eigenvalue weighted by molar-refractivity contribution is 5.84. The fraction of sp³-hybridized carbons (Fsp3) is 0.350. The predicted octanol–water partition coefficient (Wildman–Crippen LogP) is 3.47. The third-order valence-corrected chi connectivity index (χ3v) is 4.24. The first kappa shape index (κ1) is 17.9. The molecule has 4 heteroatoms. The van der Waals surface area contributed by atoms with Crippen LogP contribution < -0.4 is 15.4 Å². The third kappa shape index (κ3) is 4.75. The highest BCUT2D eigenvalue weighted by atomic mass is 16.5. The fourth-order valence-corrected chi connectivity index (χ4v) is 2.48. The number of rotatable bonds is 7. The van der Waals surface area contributed by atoms with Gasteiger partial charge in [0.2, 0.25) is 5.91 Å². The van der Waals surface area contributed by atoms with Gasteiger partial charge in [-0.2, -0.15) is 0 Å². The molecule has 0 saturated carbocycles. The van der Waals surface area contributed by atoms with Gasteiger partial charge < -0.3 is 15.4 Å². The molecule has 0 fully saturated rings. The van der Waals surface area contributed by atoms with E-state index in [4.69, 9.17) is 4.74 Å². The van der Waals surface area contributed by atoms with E-state index in [1.165, 1.54) is 16.7 Å². The number of benzene rings is 2. The van der Waals surface area contributed by atoms with Crippen molar-refractivity contribution in [3.8, 4) is 5.75 Å². The lowest BCUT2D eigenvalue weighted by Gasteiger charge is -2.17. The van der Waals surface area contributed by atoms with Crippen molar-refractivity contribution in [2.24, 2.45) is 0 Å². The summed E-state index contributed by atoms with van der Waals surface area (Å²) in [5.74, 6) is 0.846. The molecule has 4 nitrogen and oxygen atoms in total. The molecular formula is C20H26N2O2. The van der Waals surface area contributed by atoms with Gasteiger partial charge in [-0.3, -0.25) is 4.79 Å². The van der Waals surface area contributed by atoms with Crippen LogP contribution in [-0.4, -0.2) is 25.6 Å². The molecule has 128 valence electrons. The number of anilines is 1. The Labute approximate surface area is 144 Å². The van der Waals surface area contributed by atoms with Gasteiger partial charge in [-0.25, -0.2) is 0 Å². The minimum atomic E-state index is -0.277. The summed E-state index contributed by atoms with van der Waals surface area (Å²) in [5, 5.41) is 6.27. The van der Waals surface area contributed by atoms with E-state index in [-0.39, 0.29) is 11.9 Å². The van der Waals surface area contributed by atoms with Crippen LogP contribution in [0.5, 0.6) is 5.75 Å². The summed E-state index contributed by atoms with van der Waals surface area (Å²) < 4.78 is 5.14. The molecule has 1 atom stereocenters. The second kappa shape index (κ2) is 8.39. The first-order valence-corrected chi connectivity index (χ1v) is 8.24. The third-order valence-electron chi connectivity index (χ3n) is 4.24. The largest absolute Gasteiger partial charge is 0.497 e. The van der Waals surface area contributed by atoms with Crippen LogP contribution in [0.4, 0.5) is 5.69 Å². The minimum absolute atomic E-state index is 0.00409. The molecule has 0 saturated heterocycles. The van der Waals surface area contributed by atoms with E-state index in [1.807, 2.05) is 43.3 Å². The summed E-state index contributed by atoms with van der Waals surface area (Å²) in [6, 6.07) is 13.7. The highest BCUT2D eigenvalue weighted by Gasteiger charge is 2.13. The van der Waals surface area contributed by atoms with Crippen molar-refractivity contribution in [2.75, 3.05) is 19.0 Å². The van der Waals surface area contributed by atoms with E-state index in [0.717, 1.165) is 17.9 Å². The lowest BCUT2D eigenvalue weighted by atomic mass is 10.1. The molecule has 0 aliphatic carbocycles. The summed E-state index contributed by atoms with van der Waals surface area (Å²) in [6.45, 7) is 6.63. The van der Waals surface area contributed by atoms with Crippen molar-refractivity contribution < 1.29 is 9.53 Å². The first-order valence-electron chi connectivity index (χ1n) is 8.24. The molecule has 0 aliphatic heterocycles. The number of carbonyl (C=O) groups is 1. The molecule has 2 N–H and O–H groups in total. The molecule has 0 heterocycles. The number of methoxy groups -OCH3 is 1. The number of nitrogens with one attached hydrogen (secondary N) is 2.